The molecule has 0 spiro atoms. The van der Waals surface area contributed by atoms with Crippen LogP contribution in [0.3, 0.4) is 0 Å². The van der Waals surface area contributed by atoms with E-state index in [1.807, 2.05) is 6.92 Å². The van der Waals surface area contributed by atoms with E-state index in [4.69, 9.17) is 11.5 Å². The van der Waals surface area contributed by atoms with E-state index in [0.29, 0.717) is 0 Å². The van der Waals surface area contributed by atoms with Gasteiger partial charge in [-0.1, -0.05) is 31.4 Å². The number of terminal acetylenes is 1. The van der Waals surface area contributed by atoms with Crippen molar-refractivity contribution in [3.05, 3.63) is 29.8 Å². The van der Waals surface area contributed by atoms with Crippen molar-refractivity contribution in [1.29, 1.82) is 0 Å². The molecule has 1 rings (SSSR count). The van der Waals surface area contributed by atoms with Crippen molar-refractivity contribution in [3.8, 4) is 18.1 Å². The van der Waals surface area contributed by atoms with Gasteiger partial charge in [-0.3, -0.25) is 4.79 Å². The van der Waals surface area contributed by atoms with Gasteiger partial charge in [-0.15, -0.1) is 6.42 Å². The maximum atomic E-state index is 11.7. The van der Waals surface area contributed by atoms with Crippen LogP contribution in [0, 0.1) is 12.3 Å². The largest absolute Gasteiger partial charge is 0.508 e. The second kappa shape index (κ2) is 6.59. The lowest BCUT2D eigenvalue weighted by atomic mass is 10.1. The number of nitrogens with one attached hydrogen (secondary N) is 1. The molecular weight excluding hydrogens is 214 g/mol. The summed E-state index contributed by atoms with van der Waals surface area (Å²) in [5, 5.41) is 11.9. The third-order valence-corrected chi connectivity index (χ3v) is 2.41. The highest BCUT2D eigenvalue weighted by molar-refractivity contribution is 5.79. The van der Waals surface area contributed by atoms with Gasteiger partial charge in [0.25, 0.3) is 0 Å². The van der Waals surface area contributed by atoms with E-state index in [2.05, 4.69) is 11.2 Å². The molecule has 90 valence electrons. The molecule has 0 saturated heterocycles. The summed E-state index contributed by atoms with van der Waals surface area (Å²) >= 11 is 0. The number of aromatic hydroxyl groups is 1. The van der Waals surface area contributed by atoms with Gasteiger partial charge in [0.2, 0.25) is 5.91 Å². The Kier molecular flexibility index (Phi) is 5.09. The number of rotatable bonds is 5. The van der Waals surface area contributed by atoms with Gasteiger partial charge in [0, 0.05) is 0 Å². The molecule has 1 aromatic rings. The zero-order valence-electron chi connectivity index (χ0n) is 9.94. The first-order valence-corrected chi connectivity index (χ1v) is 5.69. The van der Waals surface area contributed by atoms with Crippen LogP contribution in [-0.2, 0) is 11.2 Å². The third kappa shape index (κ3) is 4.60. The Labute approximate surface area is 102 Å². The fourth-order valence-electron chi connectivity index (χ4n) is 1.53. The van der Waals surface area contributed by atoms with Crippen LogP contribution in [0.2, 0.25) is 0 Å². The molecule has 2 N–H and O–H groups in total. The smallest absolute Gasteiger partial charge is 0.225 e. The summed E-state index contributed by atoms with van der Waals surface area (Å²) in [7, 11) is 0. The molecule has 1 aromatic carbocycles. The molecule has 0 fully saturated rings. The monoisotopic (exact) mass is 231 g/mol. The van der Waals surface area contributed by atoms with Gasteiger partial charge in [0.15, 0.2) is 0 Å². The van der Waals surface area contributed by atoms with Crippen LogP contribution in [0.25, 0.3) is 0 Å². The molecule has 17 heavy (non-hydrogen) atoms. The lowest BCUT2D eigenvalue weighted by molar-refractivity contribution is -0.120. The first kappa shape index (κ1) is 13.1. The molecule has 0 aromatic heterocycles. The van der Waals surface area contributed by atoms with E-state index in [9.17, 15) is 4.79 Å². The normalized spacial score (nSPS) is 11.5. The fourth-order valence-corrected chi connectivity index (χ4v) is 1.53. The summed E-state index contributed by atoms with van der Waals surface area (Å²) in [5.74, 6) is 2.66. The number of benzene rings is 1. The Balaban J connectivity index is 2.49. The highest BCUT2D eigenvalue weighted by Gasteiger charge is 2.09. The van der Waals surface area contributed by atoms with Gasteiger partial charge < -0.3 is 10.4 Å². The zero-order chi connectivity index (χ0) is 12.7. The predicted octanol–water partition coefficient (Wildman–Crippen LogP) is 1.85. The van der Waals surface area contributed by atoms with Gasteiger partial charge in [-0.05, 0) is 24.1 Å². The van der Waals surface area contributed by atoms with Crippen LogP contribution >= 0.6 is 0 Å². The molecule has 1 unspecified atom stereocenters. The van der Waals surface area contributed by atoms with Crippen LogP contribution in [0.15, 0.2) is 24.3 Å². The first-order chi connectivity index (χ1) is 8.15. The van der Waals surface area contributed by atoms with Crippen molar-refractivity contribution >= 4 is 5.91 Å². The molecule has 3 nitrogen and oxygen atoms in total. The Hall–Kier alpha value is -1.95. The molecule has 1 atom stereocenters. The van der Waals surface area contributed by atoms with E-state index in [-0.39, 0.29) is 24.1 Å². The third-order valence-electron chi connectivity index (χ3n) is 2.41. The second-order valence-electron chi connectivity index (χ2n) is 3.92. The minimum absolute atomic E-state index is 0.0907. The van der Waals surface area contributed by atoms with Crippen LogP contribution < -0.4 is 5.32 Å². The zero-order valence-corrected chi connectivity index (χ0v) is 9.94. The quantitative estimate of drug-likeness (QED) is 0.760. The average Bonchev–Trinajstić information content (AvgIpc) is 2.31. The Morgan fingerprint density at radius 3 is 2.65 bits per heavy atom. The number of hydrogen-bond donors (Lipinski definition) is 2. The van der Waals surface area contributed by atoms with Crippen molar-refractivity contribution < 1.29 is 9.90 Å². The summed E-state index contributed by atoms with van der Waals surface area (Å²) in [6.07, 6.45) is 7.33. The summed E-state index contributed by atoms with van der Waals surface area (Å²) in [5.41, 5.74) is 0.854. The summed E-state index contributed by atoms with van der Waals surface area (Å²) in [6, 6.07) is 6.38. The summed E-state index contributed by atoms with van der Waals surface area (Å²) < 4.78 is 0. The molecule has 0 aliphatic carbocycles. The van der Waals surface area contributed by atoms with Crippen LogP contribution in [0.1, 0.15) is 25.3 Å². The lowest BCUT2D eigenvalue weighted by Crippen LogP contribution is -2.34. The number of carbonyl (C=O) groups excluding carboxylic acids is 1. The van der Waals surface area contributed by atoms with Crippen LogP contribution in [-0.4, -0.2) is 17.1 Å². The van der Waals surface area contributed by atoms with Crippen molar-refractivity contribution in [1.82, 2.24) is 5.32 Å². The maximum Gasteiger partial charge on any atom is 0.225 e. The van der Waals surface area contributed by atoms with Gasteiger partial charge in [0.1, 0.15) is 5.75 Å². The summed E-state index contributed by atoms with van der Waals surface area (Å²) in [6.45, 7) is 2.02. The first-order valence-electron chi connectivity index (χ1n) is 5.69. The maximum absolute atomic E-state index is 11.7. The average molecular weight is 231 g/mol. The minimum atomic E-state index is -0.190. The Morgan fingerprint density at radius 2 is 2.12 bits per heavy atom. The van der Waals surface area contributed by atoms with E-state index in [0.717, 1.165) is 18.4 Å². The number of carbonyl (C=O) groups is 1. The second-order valence-corrected chi connectivity index (χ2v) is 3.92. The molecule has 0 aliphatic rings. The van der Waals surface area contributed by atoms with E-state index >= 15 is 0 Å². The number of phenolic OH excluding ortho intramolecular Hbond substituents is 1. The number of amides is 1. The van der Waals surface area contributed by atoms with Gasteiger partial charge in [0.05, 0.1) is 12.5 Å². The van der Waals surface area contributed by atoms with Gasteiger partial charge in [-0.25, -0.2) is 0 Å². The predicted molar refractivity (Wildman–Crippen MR) is 67.5 cm³/mol. The fraction of sp³-hybridized carbons (Fsp3) is 0.357. The number of hydrogen-bond acceptors (Lipinski definition) is 2. The molecule has 0 radical (unpaired) electrons. The lowest BCUT2D eigenvalue weighted by Gasteiger charge is -2.11. The van der Waals surface area contributed by atoms with Crippen molar-refractivity contribution in [2.24, 2.45) is 0 Å². The Morgan fingerprint density at radius 1 is 1.47 bits per heavy atom. The van der Waals surface area contributed by atoms with Gasteiger partial charge in [-0.2, -0.15) is 0 Å². The van der Waals surface area contributed by atoms with E-state index in [1.54, 1.807) is 24.3 Å². The standard InChI is InChI=1S/C14H17NO2/c1-3-5-12(4-2)15-14(17)10-11-6-8-13(16)9-7-11/h2,6-9,12,16H,3,5,10H2,1H3,(H,15,17). The molecular formula is C14H17NO2. The van der Waals surface area contributed by atoms with Crippen molar-refractivity contribution in [2.75, 3.05) is 0 Å². The number of phenols is 1. The van der Waals surface area contributed by atoms with Crippen molar-refractivity contribution in [2.45, 2.75) is 32.2 Å². The molecule has 0 bridgehead atoms. The van der Waals surface area contributed by atoms with E-state index in [1.165, 1.54) is 0 Å². The molecule has 0 aliphatic heterocycles. The van der Waals surface area contributed by atoms with Crippen LogP contribution in [0.4, 0.5) is 0 Å². The van der Waals surface area contributed by atoms with Crippen molar-refractivity contribution in [3.63, 3.8) is 0 Å². The molecule has 1 amide bonds. The minimum Gasteiger partial charge on any atom is -0.508 e. The molecule has 0 heterocycles. The van der Waals surface area contributed by atoms with E-state index < -0.39 is 0 Å². The highest BCUT2D eigenvalue weighted by atomic mass is 16.3. The molecule has 3 heteroatoms. The Bertz CT molecular complexity index is 403. The SMILES string of the molecule is C#CC(CCC)NC(=O)Cc1ccc(O)cc1. The highest BCUT2D eigenvalue weighted by Crippen LogP contribution is 2.10. The summed E-state index contributed by atoms with van der Waals surface area (Å²) in [4.78, 5) is 11.7. The topological polar surface area (TPSA) is 49.3 Å². The van der Waals surface area contributed by atoms with Gasteiger partial charge >= 0.3 is 0 Å². The van der Waals surface area contributed by atoms with Crippen LogP contribution in [0.5, 0.6) is 5.75 Å². The molecule has 0 saturated carbocycles.